The van der Waals surface area contributed by atoms with Crippen molar-refractivity contribution in [1.82, 2.24) is 9.62 Å². The van der Waals surface area contributed by atoms with E-state index in [0.717, 1.165) is 32.1 Å². The molecule has 27 heavy (non-hydrogen) atoms. The maximum atomic E-state index is 12.7. The number of amides is 1. The van der Waals surface area contributed by atoms with E-state index in [9.17, 15) is 18.0 Å². The molecule has 1 aliphatic heterocycles. The maximum Gasteiger partial charge on any atom is 0.338 e. The SMILES string of the molecule is CCC(CC)NC(=O)COC(=O)c1cccc(S(=O)(=O)N2CCCCC2)c1. The van der Waals surface area contributed by atoms with Gasteiger partial charge >= 0.3 is 5.97 Å². The Hall–Kier alpha value is -1.93. The summed E-state index contributed by atoms with van der Waals surface area (Å²) in [6, 6.07) is 5.83. The molecule has 1 amide bonds. The molecular weight excluding hydrogens is 368 g/mol. The lowest BCUT2D eigenvalue weighted by atomic mass is 10.2. The molecule has 0 bridgehead atoms. The average molecular weight is 397 g/mol. The third-order valence-corrected chi connectivity index (χ3v) is 6.60. The van der Waals surface area contributed by atoms with E-state index in [1.807, 2.05) is 13.8 Å². The van der Waals surface area contributed by atoms with Crippen molar-refractivity contribution in [3.63, 3.8) is 0 Å². The lowest BCUT2D eigenvalue weighted by Gasteiger charge is -2.25. The zero-order chi connectivity index (χ0) is 19.9. The first kappa shape index (κ1) is 21.4. The largest absolute Gasteiger partial charge is 0.452 e. The number of esters is 1. The minimum atomic E-state index is -3.63. The minimum Gasteiger partial charge on any atom is -0.452 e. The summed E-state index contributed by atoms with van der Waals surface area (Å²) >= 11 is 0. The summed E-state index contributed by atoms with van der Waals surface area (Å²) in [7, 11) is -3.63. The van der Waals surface area contributed by atoms with Crippen molar-refractivity contribution in [3.05, 3.63) is 29.8 Å². The zero-order valence-electron chi connectivity index (χ0n) is 15.9. The van der Waals surface area contributed by atoms with Gasteiger partial charge in [-0.2, -0.15) is 4.31 Å². The highest BCUT2D eigenvalue weighted by Gasteiger charge is 2.26. The Morgan fingerprint density at radius 2 is 1.81 bits per heavy atom. The van der Waals surface area contributed by atoms with Crippen molar-refractivity contribution in [1.29, 1.82) is 0 Å². The first-order valence-corrected chi connectivity index (χ1v) is 10.9. The van der Waals surface area contributed by atoms with E-state index in [1.165, 1.54) is 28.6 Å². The van der Waals surface area contributed by atoms with Gasteiger partial charge in [0, 0.05) is 19.1 Å². The normalized spacial score (nSPS) is 15.5. The second-order valence-electron chi connectivity index (χ2n) is 6.65. The molecule has 1 N–H and O–H groups in total. The highest BCUT2D eigenvalue weighted by Crippen LogP contribution is 2.21. The van der Waals surface area contributed by atoms with Crippen molar-refractivity contribution >= 4 is 21.9 Å². The van der Waals surface area contributed by atoms with Gasteiger partial charge in [-0.25, -0.2) is 13.2 Å². The van der Waals surface area contributed by atoms with Crippen molar-refractivity contribution in [3.8, 4) is 0 Å². The third kappa shape index (κ3) is 5.77. The Labute approximate surface area is 161 Å². The smallest absolute Gasteiger partial charge is 0.338 e. The van der Waals surface area contributed by atoms with Crippen LogP contribution in [-0.4, -0.2) is 50.3 Å². The molecule has 0 aromatic heterocycles. The number of nitrogens with one attached hydrogen (secondary N) is 1. The Kier molecular flexibility index (Phi) is 7.79. The molecule has 1 saturated heterocycles. The second kappa shape index (κ2) is 9.85. The van der Waals surface area contributed by atoms with Gasteiger partial charge in [0.05, 0.1) is 10.5 Å². The van der Waals surface area contributed by atoms with E-state index < -0.39 is 22.6 Å². The van der Waals surface area contributed by atoms with Gasteiger partial charge in [-0.1, -0.05) is 26.3 Å². The molecule has 2 rings (SSSR count). The number of hydrogen-bond donors (Lipinski definition) is 1. The van der Waals surface area contributed by atoms with E-state index in [4.69, 9.17) is 4.74 Å². The first-order valence-electron chi connectivity index (χ1n) is 9.45. The number of benzene rings is 1. The summed E-state index contributed by atoms with van der Waals surface area (Å²) in [5, 5.41) is 2.78. The number of nitrogens with zero attached hydrogens (tertiary/aromatic N) is 1. The highest BCUT2D eigenvalue weighted by atomic mass is 32.2. The fraction of sp³-hybridized carbons (Fsp3) is 0.579. The van der Waals surface area contributed by atoms with Crippen LogP contribution in [0.25, 0.3) is 0 Å². The van der Waals surface area contributed by atoms with Gasteiger partial charge in [0.2, 0.25) is 10.0 Å². The molecule has 0 saturated carbocycles. The lowest BCUT2D eigenvalue weighted by Crippen LogP contribution is -2.37. The van der Waals surface area contributed by atoms with E-state index in [1.54, 1.807) is 0 Å². The summed E-state index contributed by atoms with van der Waals surface area (Å²) in [6.45, 7) is 4.53. The van der Waals surface area contributed by atoms with Gasteiger partial charge in [0.25, 0.3) is 5.91 Å². The molecular formula is C19H28N2O5S. The molecule has 0 atom stereocenters. The lowest BCUT2D eigenvalue weighted by molar-refractivity contribution is -0.125. The molecule has 1 fully saturated rings. The summed E-state index contributed by atoms with van der Waals surface area (Å²) in [4.78, 5) is 24.1. The second-order valence-corrected chi connectivity index (χ2v) is 8.59. The maximum absolute atomic E-state index is 12.7. The van der Waals surface area contributed by atoms with Crippen LogP contribution in [0.15, 0.2) is 29.2 Å². The summed E-state index contributed by atoms with van der Waals surface area (Å²) in [5.74, 6) is -1.08. The first-order chi connectivity index (χ1) is 12.9. The van der Waals surface area contributed by atoms with Crippen LogP contribution < -0.4 is 5.32 Å². The highest BCUT2D eigenvalue weighted by molar-refractivity contribution is 7.89. The molecule has 1 aliphatic rings. The van der Waals surface area contributed by atoms with Gasteiger partial charge < -0.3 is 10.1 Å². The fourth-order valence-electron chi connectivity index (χ4n) is 3.01. The molecule has 0 spiro atoms. The van der Waals surface area contributed by atoms with Crippen LogP contribution >= 0.6 is 0 Å². The van der Waals surface area contributed by atoms with Gasteiger partial charge in [0.1, 0.15) is 0 Å². The van der Waals surface area contributed by atoms with Gasteiger partial charge in [-0.3, -0.25) is 4.79 Å². The van der Waals surface area contributed by atoms with Crippen LogP contribution in [0.5, 0.6) is 0 Å². The molecule has 1 aromatic rings. The summed E-state index contributed by atoms with van der Waals surface area (Å²) < 4.78 is 31.9. The number of sulfonamides is 1. The Morgan fingerprint density at radius 1 is 1.15 bits per heavy atom. The summed E-state index contributed by atoms with van der Waals surface area (Å²) in [6.07, 6.45) is 4.30. The minimum absolute atomic E-state index is 0.0502. The number of hydrogen-bond acceptors (Lipinski definition) is 5. The van der Waals surface area contributed by atoms with E-state index >= 15 is 0 Å². The van der Waals surface area contributed by atoms with E-state index in [0.29, 0.717) is 13.1 Å². The molecule has 0 unspecified atom stereocenters. The topological polar surface area (TPSA) is 92.8 Å². The van der Waals surface area contributed by atoms with Crippen LogP contribution in [-0.2, 0) is 19.6 Å². The van der Waals surface area contributed by atoms with Crippen molar-refractivity contribution in [2.75, 3.05) is 19.7 Å². The monoisotopic (exact) mass is 396 g/mol. The van der Waals surface area contributed by atoms with Gasteiger partial charge in [-0.15, -0.1) is 0 Å². The molecule has 150 valence electrons. The van der Waals surface area contributed by atoms with Crippen LogP contribution in [0.4, 0.5) is 0 Å². The molecule has 0 aliphatic carbocycles. The molecule has 1 heterocycles. The van der Waals surface area contributed by atoms with Crippen LogP contribution in [0.3, 0.4) is 0 Å². The van der Waals surface area contributed by atoms with Crippen molar-refractivity contribution < 1.29 is 22.7 Å². The molecule has 8 heteroatoms. The number of piperidine rings is 1. The Bertz CT molecular complexity index is 753. The Morgan fingerprint density at radius 3 is 2.44 bits per heavy atom. The van der Waals surface area contributed by atoms with Crippen LogP contribution in [0.2, 0.25) is 0 Å². The standard InChI is InChI=1S/C19H28N2O5S/c1-3-16(4-2)20-18(22)14-26-19(23)15-9-8-10-17(13-15)27(24,25)21-11-6-5-7-12-21/h8-10,13,16H,3-7,11-12,14H2,1-2H3,(H,20,22). The number of carbonyl (C=O) groups excluding carboxylic acids is 2. The van der Waals surface area contributed by atoms with E-state index in [-0.39, 0.29) is 22.4 Å². The average Bonchev–Trinajstić information content (AvgIpc) is 2.70. The van der Waals surface area contributed by atoms with Crippen LogP contribution in [0, 0.1) is 0 Å². The van der Waals surface area contributed by atoms with Crippen LogP contribution in [0.1, 0.15) is 56.3 Å². The number of rotatable bonds is 8. The predicted octanol–water partition coefficient (Wildman–Crippen LogP) is 2.32. The summed E-state index contributed by atoms with van der Waals surface area (Å²) in [5.41, 5.74) is 0.114. The predicted molar refractivity (Wildman–Crippen MR) is 102 cm³/mol. The van der Waals surface area contributed by atoms with Crippen molar-refractivity contribution in [2.24, 2.45) is 0 Å². The number of ether oxygens (including phenoxy) is 1. The van der Waals surface area contributed by atoms with Crippen molar-refractivity contribution in [2.45, 2.75) is 56.9 Å². The zero-order valence-corrected chi connectivity index (χ0v) is 16.8. The third-order valence-electron chi connectivity index (χ3n) is 4.71. The quantitative estimate of drug-likeness (QED) is 0.681. The number of carbonyl (C=O) groups is 2. The fourth-order valence-corrected chi connectivity index (χ4v) is 4.58. The Balaban J connectivity index is 2.01. The van der Waals surface area contributed by atoms with E-state index in [2.05, 4.69) is 5.32 Å². The van der Waals surface area contributed by atoms with Gasteiger partial charge in [0.15, 0.2) is 6.61 Å². The molecule has 1 aromatic carbocycles. The van der Waals surface area contributed by atoms with Gasteiger partial charge in [-0.05, 0) is 43.9 Å². The molecule has 7 nitrogen and oxygen atoms in total. The molecule has 0 radical (unpaired) electrons.